The fraction of sp³-hybridized carbons (Fsp3) is 0.533. The molecule has 0 heterocycles. The maximum absolute atomic E-state index is 12.0. The molecule has 0 unspecified atom stereocenters. The van der Waals surface area contributed by atoms with Crippen LogP contribution in [-0.4, -0.2) is 24.5 Å². The predicted molar refractivity (Wildman–Crippen MR) is 81.3 cm³/mol. The molecule has 19 heavy (non-hydrogen) atoms. The van der Waals surface area contributed by atoms with Crippen LogP contribution in [0.2, 0.25) is 0 Å². The summed E-state index contributed by atoms with van der Waals surface area (Å²) in [5.41, 5.74) is 7.40. The number of nitrogens with one attached hydrogen (secondary N) is 1. The third-order valence-corrected chi connectivity index (χ3v) is 2.62. The van der Waals surface area contributed by atoms with Gasteiger partial charge in [0.15, 0.2) is 0 Å². The van der Waals surface area contributed by atoms with Crippen LogP contribution in [0.15, 0.2) is 24.3 Å². The van der Waals surface area contributed by atoms with Crippen LogP contribution in [0.25, 0.3) is 0 Å². The largest absolute Gasteiger partial charge is 0.397 e. The lowest BCUT2D eigenvalue weighted by molar-refractivity contribution is -0.121. The van der Waals surface area contributed by atoms with Crippen molar-refractivity contribution < 1.29 is 4.79 Å². The first-order chi connectivity index (χ1) is 8.83. The minimum absolute atomic E-state index is 0.0178. The van der Waals surface area contributed by atoms with Crippen LogP contribution in [0.1, 0.15) is 34.1 Å². The van der Waals surface area contributed by atoms with Crippen molar-refractivity contribution in [1.82, 2.24) is 5.32 Å². The summed E-state index contributed by atoms with van der Waals surface area (Å²) >= 11 is 0. The van der Waals surface area contributed by atoms with E-state index in [1.165, 1.54) is 0 Å². The number of para-hydroxylation sites is 2. The van der Waals surface area contributed by atoms with Gasteiger partial charge >= 0.3 is 0 Å². The van der Waals surface area contributed by atoms with Gasteiger partial charge in [0.1, 0.15) is 0 Å². The van der Waals surface area contributed by atoms with Crippen LogP contribution in [0, 0.1) is 0 Å². The number of benzene rings is 1. The zero-order valence-electron chi connectivity index (χ0n) is 12.4. The second-order valence-electron chi connectivity index (χ2n) is 5.78. The monoisotopic (exact) mass is 263 g/mol. The number of carbonyl (C=O) groups excluding carboxylic acids is 1. The zero-order chi connectivity index (χ0) is 14.5. The van der Waals surface area contributed by atoms with E-state index in [2.05, 4.69) is 12.2 Å². The quantitative estimate of drug-likeness (QED) is 0.802. The molecular formula is C15H25N3O. The van der Waals surface area contributed by atoms with Gasteiger partial charge in [0.05, 0.1) is 17.9 Å². The lowest BCUT2D eigenvalue weighted by Gasteiger charge is -2.27. The first-order valence-corrected chi connectivity index (χ1v) is 6.74. The molecule has 1 aromatic carbocycles. The van der Waals surface area contributed by atoms with Crippen LogP contribution >= 0.6 is 0 Å². The number of anilines is 2. The van der Waals surface area contributed by atoms with Gasteiger partial charge in [-0.3, -0.25) is 4.79 Å². The van der Waals surface area contributed by atoms with Crippen molar-refractivity contribution in [2.45, 2.75) is 39.7 Å². The normalized spacial score (nSPS) is 11.2. The molecular weight excluding hydrogens is 238 g/mol. The van der Waals surface area contributed by atoms with Crippen molar-refractivity contribution in [2.75, 3.05) is 23.7 Å². The van der Waals surface area contributed by atoms with Crippen molar-refractivity contribution in [3.63, 3.8) is 0 Å². The van der Waals surface area contributed by atoms with Gasteiger partial charge in [-0.05, 0) is 39.3 Å². The number of nitrogen functional groups attached to an aromatic ring is 1. The molecule has 0 aliphatic carbocycles. The Bertz CT molecular complexity index is 424. The summed E-state index contributed by atoms with van der Waals surface area (Å²) in [7, 11) is 0. The molecule has 0 radical (unpaired) electrons. The summed E-state index contributed by atoms with van der Waals surface area (Å²) in [4.78, 5) is 14.1. The lowest BCUT2D eigenvalue weighted by atomic mass is 10.1. The van der Waals surface area contributed by atoms with E-state index in [9.17, 15) is 4.79 Å². The molecule has 0 spiro atoms. The molecule has 1 aromatic rings. The molecule has 3 N–H and O–H groups in total. The van der Waals surface area contributed by atoms with Crippen LogP contribution < -0.4 is 16.0 Å². The molecule has 0 bridgehead atoms. The van der Waals surface area contributed by atoms with Gasteiger partial charge in [-0.1, -0.05) is 19.1 Å². The van der Waals surface area contributed by atoms with E-state index in [0.717, 1.165) is 18.7 Å². The summed E-state index contributed by atoms with van der Waals surface area (Å²) in [6.45, 7) is 9.17. The van der Waals surface area contributed by atoms with Gasteiger partial charge in [0.2, 0.25) is 5.91 Å². The number of nitrogens with zero attached hydrogens (tertiary/aromatic N) is 1. The summed E-state index contributed by atoms with van der Waals surface area (Å²) in [6, 6.07) is 7.66. The van der Waals surface area contributed by atoms with E-state index < -0.39 is 0 Å². The Morgan fingerprint density at radius 2 is 1.95 bits per heavy atom. The smallest absolute Gasteiger partial charge is 0.239 e. The number of hydrogen-bond donors (Lipinski definition) is 2. The van der Waals surface area contributed by atoms with E-state index in [1.807, 2.05) is 49.9 Å². The van der Waals surface area contributed by atoms with E-state index in [0.29, 0.717) is 12.2 Å². The molecule has 1 rings (SSSR count). The molecule has 1 amide bonds. The summed E-state index contributed by atoms with van der Waals surface area (Å²) in [5.74, 6) is 0.0178. The third kappa shape index (κ3) is 5.20. The van der Waals surface area contributed by atoms with E-state index in [-0.39, 0.29) is 11.4 Å². The standard InChI is InChI=1S/C15H25N3O/c1-5-10-18(11-14(19)17-15(2,3)4)13-9-7-6-8-12(13)16/h6-9H,5,10-11,16H2,1-4H3,(H,17,19). The summed E-state index contributed by atoms with van der Waals surface area (Å²) < 4.78 is 0. The van der Waals surface area contributed by atoms with Gasteiger partial charge < -0.3 is 16.0 Å². The van der Waals surface area contributed by atoms with Crippen LogP contribution in [0.4, 0.5) is 11.4 Å². The number of hydrogen-bond acceptors (Lipinski definition) is 3. The highest BCUT2D eigenvalue weighted by Crippen LogP contribution is 2.22. The molecule has 0 saturated heterocycles. The van der Waals surface area contributed by atoms with Gasteiger partial charge in [-0.25, -0.2) is 0 Å². The Morgan fingerprint density at radius 3 is 2.47 bits per heavy atom. The molecule has 0 atom stereocenters. The SMILES string of the molecule is CCCN(CC(=O)NC(C)(C)C)c1ccccc1N. The van der Waals surface area contributed by atoms with Gasteiger partial charge in [0.25, 0.3) is 0 Å². The maximum Gasteiger partial charge on any atom is 0.239 e. The van der Waals surface area contributed by atoms with Crippen LogP contribution in [-0.2, 0) is 4.79 Å². The average molecular weight is 263 g/mol. The van der Waals surface area contributed by atoms with E-state index >= 15 is 0 Å². The second kappa shape index (κ2) is 6.45. The van der Waals surface area contributed by atoms with Crippen LogP contribution in [0.3, 0.4) is 0 Å². The Morgan fingerprint density at radius 1 is 1.32 bits per heavy atom. The van der Waals surface area contributed by atoms with E-state index in [4.69, 9.17) is 5.73 Å². The average Bonchev–Trinajstić information content (AvgIpc) is 2.26. The number of rotatable bonds is 5. The number of amides is 1. The first kappa shape index (κ1) is 15.3. The highest BCUT2D eigenvalue weighted by molar-refractivity contribution is 5.83. The van der Waals surface area contributed by atoms with Crippen molar-refractivity contribution in [3.8, 4) is 0 Å². The Kier molecular flexibility index (Phi) is 5.21. The Hall–Kier alpha value is -1.71. The Balaban J connectivity index is 2.79. The molecule has 106 valence electrons. The van der Waals surface area contributed by atoms with Crippen LogP contribution in [0.5, 0.6) is 0 Å². The minimum Gasteiger partial charge on any atom is -0.397 e. The molecule has 0 aliphatic heterocycles. The molecule has 4 nitrogen and oxygen atoms in total. The molecule has 0 fully saturated rings. The fourth-order valence-electron chi connectivity index (χ4n) is 1.96. The predicted octanol–water partition coefficient (Wildman–Crippen LogP) is 2.40. The van der Waals surface area contributed by atoms with Gasteiger partial charge in [-0.15, -0.1) is 0 Å². The second-order valence-corrected chi connectivity index (χ2v) is 5.78. The van der Waals surface area contributed by atoms with Crippen molar-refractivity contribution in [3.05, 3.63) is 24.3 Å². The number of carbonyl (C=O) groups is 1. The highest BCUT2D eigenvalue weighted by Gasteiger charge is 2.17. The molecule has 0 aromatic heterocycles. The maximum atomic E-state index is 12.0. The van der Waals surface area contributed by atoms with E-state index in [1.54, 1.807) is 0 Å². The minimum atomic E-state index is -0.211. The first-order valence-electron chi connectivity index (χ1n) is 6.74. The highest BCUT2D eigenvalue weighted by atomic mass is 16.2. The summed E-state index contributed by atoms with van der Waals surface area (Å²) in [6.07, 6.45) is 0.969. The third-order valence-electron chi connectivity index (χ3n) is 2.62. The lowest BCUT2D eigenvalue weighted by Crippen LogP contribution is -2.46. The fourth-order valence-corrected chi connectivity index (χ4v) is 1.96. The molecule has 0 saturated carbocycles. The number of nitrogens with two attached hydrogens (primary N) is 1. The Labute approximate surface area is 116 Å². The van der Waals surface area contributed by atoms with Crippen molar-refractivity contribution >= 4 is 17.3 Å². The molecule has 4 heteroatoms. The van der Waals surface area contributed by atoms with Crippen molar-refractivity contribution in [1.29, 1.82) is 0 Å². The molecule has 0 aliphatic rings. The van der Waals surface area contributed by atoms with Gasteiger partial charge in [0, 0.05) is 12.1 Å². The topological polar surface area (TPSA) is 58.4 Å². The zero-order valence-corrected chi connectivity index (χ0v) is 12.4. The van der Waals surface area contributed by atoms with Crippen molar-refractivity contribution in [2.24, 2.45) is 0 Å². The van der Waals surface area contributed by atoms with Gasteiger partial charge in [-0.2, -0.15) is 0 Å². The summed E-state index contributed by atoms with van der Waals surface area (Å²) in [5, 5.41) is 2.98.